The summed E-state index contributed by atoms with van der Waals surface area (Å²) in [7, 11) is 1.19. The van der Waals surface area contributed by atoms with Crippen LogP contribution in [-0.4, -0.2) is 24.2 Å². The Bertz CT molecular complexity index is 425. The fraction of sp³-hybridized carbons (Fsp3) is 0.333. The van der Waals surface area contributed by atoms with Crippen molar-refractivity contribution < 1.29 is 24.2 Å². The zero-order chi connectivity index (χ0) is 12.8. The molecular weight excluding hydrogens is 224 g/mol. The van der Waals surface area contributed by atoms with E-state index in [4.69, 9.17) is 4.74 Å². The lowest BCUT2D eigenvalue weighted by molar-refractivity contribution is -0.134. The van der Waals surface area contributed by atoms with Gasteiger partial charge >= 0.3 is 11.9 Å². The van der Waals surface area contributed by atoms with Crippen LogP contribution in [0.2, 0.25) is 0 Å². The summed E-state index contributed by atoms with van der Waals surface area (Å²) in [6, 6.07) is 4.24. The Morgan fingerprint density at radius 2 is 2.06 bits per heavy atom. The number of esters is 2. The van der Waals surface area contributed by atoms with E-state index < -0.39 is 11.9 Å². The molecule has 0 aliphatic rings. The maximum Gasteiger partial charge on any atom is 0.345 e. The summed E-state index contributed by atoms with van der Waals surface area (Å²) in [5.74, 6) is -1.47. The van der Waals surface area contributed by atoms with Gasteiger partial charge in [0.1, 0.15) is 17.1 Å². The van der Waals surface area contributed by atoms with E-state index in [1.54, 1.807) is 0 Å². The van der Waals surface area contributed by atoms with E-state index in [1.165, 1.54) is 25.3 Å². The van der Waals surface area contributed by atoms with Crippen LogP contribution < -0.4 is 4.74 Å². The van der Waals surface area contributed by atoms with Gasteiger partial charge in [-0.3, -0.25) is 4.79 Å². The summed E-state index contributed by atoms with van der Waals surface area (Å²) in [6.07, 6.45) is 0.890. The lowest BCUT2D eigenvalue weighted by Crippen LogP contribution is -2.11. The molecule has 0 spiro atoms. The number of benzene rings is 1. The molecule has 1 rings (SSSR count). The summed E-state index contributed by atoms with van der Waals surface area (Å²) >= 11 is 0. The standard InChI is InChI=1S/C12H14O5/c1-3-5-10(14)17-9-7-4-6-8(13)11(9)12(15)16-2/h4,6-7,13H,3,5H2,1-2H3. The predicted molar refractivity (Wildman–Crippen MR) is 60.0 cm³/mol. The first-order valence-corrected chi connectivity index (χ1v) is 5.21. The van der Waals surface area contributed by atoms with Crippen molar-refractivity contribution in [1.29, 1.82) is 0 Å². The fourth-order valence-electron chi connectivity index (χ4n) is 1.29. The number of carbonyl (C=O) groups is 2. The maximum absolute atomic E-state index is 11.4. The number of methoxy groups -OCH3 is 1. The Labute approximate surface area is 99.0 Å². The number of rotatable bonds is 4. The Balaban J connectivity index is 3.02. The van der Waals surface area contributed by atoms with Gasteiger partial charge in [-0.05, 0) is 18.6 Å². The van der Waals surface area contributed by atoms with Crippen LogP contribution in [-0.2, 0) is 9.53 Å². The Kier molecular flexibility index (Phi) is 4.51. The maximum atomic E-state index is 11.4. The molecule has 0 unspecified atom stereocenters. The van der Waals surface area contributed by atoms with Gasteiger partial charge in [0.05, 0.1) is 7.11 Å². The van der Waals surface area contributed by atoms with E-state index in [0.717, 1.165) is 0 Å². The number of carbonyl (C=O) groups excluding carboxylic acids is 2. The van der Waals surface area contributed by atoms with Crippen molar-refractivity contribution in [3.05, 3.63) is 23.8 Å². The van der Waals surface area contributed by atoms with Gasteiger partial charge in [-0.1, -0.05) is 13.0 Å². The molecule has 17 heavy (non-hydrogen) atoms. The zero-order valence-corrected chi connectivity index (χ0v) is 9.73. The minimum absolute atomic E-state index is 0.00954. The fourth-order valence-corrected chi connectivity index (χ4v) is 1.29. The van der Waals surface area contributed by atoms with E-state index in [2.05, 4.69) is 4.74 Å². The molecule has 1 aromatic rings. The van der Waals surface area contributed by atoms with E-state index >= 15 is 0 Å². The molecule has 0 fully saturated rings. The van der Waals surface area contributed by atoms with Crippen molar-refractivity contribution in [2.24, 2.45) is 0 Å². The topological polar surface area (TPSA) is 72.8 Å². The average Bonchev–Trinajstić information content (AvgIpc) is 2.28. The lowest BCUT2D eigenvalue weighted by atomic mass is 10.2. The van der Waals surface area contributed by atoms with Crippen molar-refractivity contribution in [3.63, 3.8) is 0 Å². The highest BCUT2D eigenvalue weighted by molar-refractivity contribution is 5.96. The summed E-state index contributed by atoms with van der Waals surface area (Å²) in [5.41, 5.74) is -0.139. The number of hydrogen-bond acceptors (Lipinski definition) is 5. The molecule has 0 atom stereocenters. The highest BCUT2D eigenvalue weighted by Crippen LogP contribution is 2.28. The Morgan fingerprint density at radius 3 is 2.65 bits per heavy atom. The third kappa shape index (κ3) is 3.21. The molecule has 0 aromatic heterocycles. The normalized spacial score (nSPS) is 9.76. The molecule has 5 heteroatoms. The van der Waals surface area contributed by atoms with Crippen molar-refractivity contribution >= 4 is 11.9 Å². The van der Waals surface area contributed by atoms with Crippen LogP contribution in [0, 0.1) is 0 Å². The number of aromatic hydroxyl groups is 1. The van der Waals surface area contributed by atoms with Crippen LogP contribution in [0.25, 0.3) is 0 Å². The van der Waals surface area contributed by atoms with E-state index in [-0.39, 0.29) is 23.5 Å². The molecule has 0 saturated heterocycles. The van der Waals surface area contributed by atoms with Crippen LogP contribution in [0.3, 0.4) is 0 Å². The van der Waals surface area contributed by atoms with Gasteiger partial charge in [-0.25, -0.2) is 4.79 Å². The van der Waals surface area contributed by atoms with Crippen molar-refractivity contribution in [1.82, 2.24) is 0 Å². The first-order valence-electron chi connectivity index (χ1n) is 5.21. The van der Waals surface area contributed by atoms with Crippen LogP contribution in [0.4, 0.5) is 0 Å². The van der Waals surface area contributed by atoms with Gasteiger partial charge in [-0.2, -0.15) is 0 Å². The Morgan fingerprint density at radius 1 is 1.35 bits per heavy atom. The number of hydrogen-bond donors (Lipinski definition) is 1. The van der Waals surface area contributed by atoms with Gasteiger partial charge in [0.25, 0.3) is 0 Å². The second kappa shape index (κ2) is 5.89. The Hall–Kier alpha value is -2.04. The minimum atomic E-state index is -0.748. The molecule has 0 aliphatic carbocycles. The second-order valence-electron chi connectivity index (χ2n) is 3.37. The van der Waals surface area contributed by atoms with Crippen molar-refractivity contribution in [2.75, 3.05) is 7.11 Å². The number of ether oxygens (including phenoxy) is 2. The number of phenols is 1. The zero-order valence-electron chi connectivity index (χ0n) is 9.73. The van der Waals surface area contributed by atoms with Crippen LogP contribution in [0.15, 0.2) is 18.2 Å². The highest BCUT2D eigenvalue weighted by Gasteiger charge is 2.19. The molecule has 0 radical (unpaired) electrons. The van der Waals surface area contributed by atoms with Crippen LogP contribution in [0.5, 0.6) is 11.5 Å². The molecule has 1 N–H and O–H groups in total. The monoisotopic (exact) mass is 238 g/mol. The molecule has 0 aliphatic heterocycles. The quantitative estimate of drug-likeness (QED) is 0.640. The largest absolute Gasteiger partial charge is 0.507 e. The molecule has 0 heterocycles. The first-order chi connectivity index (χ1) is 8.10. The highest BCUT2D eigenvalue weighted by atomic mass is 16.5. The van der Waals surface area contributed by atoms with Gasteiger partial charge < -0.3 is 14.6 Å². The molecule has 5 nitrogen and oxygen atoms in total. The van der Waals surface area contributed by atoms with Gasteiger partial charge in [0, 0.05) is 6.42 Å². The third-order valence-electron chi connectivity index (χ3n) is 2.07. The number of phenolic OH excluding ortho intramolecular Hbond substituents is 1. The summed E-state index contributed by atoms with van der Waals surface area (Å²) < 4.78 is 9.50. The SMILES string of the molecule is CCCC(=O)Oc1cccc(O)c1C(=O)OC. The molecule has 1 aromatic carbocycles. The smallest absolute Gasteiger partial charge is 0.345 e. The van der Waals surface area contributed by atoms with E-state index in [0.29, 0.717) is 6.42 Å². The average molecular weight is 238 g/mol. The lowest BCUT2D eigenvalue weighted by Gasteiger charge is -2.09. The first kappa shape index (κ1) is 13.0. The van der Waals surface area contributed by atoms with E-state index in [1.807, 2.05) is 6.92 Å². The van der Waals surface area contributed by atoms with Crippen LogP contribution in [0.1, 0.15) is 30.1 Å². The van der Waals surface area contributed by atoms with Crippen molar-refractivity contribution in [3.8, 4) is 11.5 Å². The van der Waals surface area contributed by atoms with Crippen molar-refractivity contribution in [2.45, 2.75) is 19.8 Å². The van der Waals surface area contributed by atoms with Gasteiger partial charge in [0.15, 0.2) is 0 Å². The minimum Gasteiger partial charge on any atom is -0.507 e. The molecule has 92 valence electrons. The molecular formula is C12H14O5. The third-order valence-corrected chi connectivity index (χ3v) is 2.07. The predicted octanol–water partition coefficient (Wildman–Crippen LogP) is 1.88. The second-order valence-corrected chi connectivity index (χ2v) is 3.37. The van der Waals surface area contributed by atoms with Gasteiger partial charge in [-0.15, -0.1) is 0 Å². The summed E-state index contributed by atoms with van der Waals surface area (Å²) in [4.78, 5) is 22.8. The van der Waals surface area contributed by atoms with Crippen LogP contribution >= 0.6 is 0 Å². The summed E-state index contributed by atoms with van der Waals surface area (Å²) in [5, 5.41) is 9.54. The van der Waals surface area contributed by atoms with E-state index in [9.17, 15) is 14.7 Å². The van der Waals surface area contributed by atoms with Gasteiger partial charge in [0.2, 0.25) is 0 Å². The summed E-state index contributed by atoms with van der Waals surface area (Å²) in [6.45, 7) is 1.84. The molecule has 0 bridgehead atoms. The molecule has 0 amide bonds. The molecule has 0 saturated carbocycles.